The molecule has 2 aromatic rings. The van der Waals surface area contributed by atoms with Gasteiger partial charge < -0.3 is 5.11 Å². The third-order valence-corrected chi connectivity index (χ3v) is 2.39. The minimum atomic E-state index is -0.897. The Morgan fingerprint density at radius 2 is 2.13 bits per heavy atom. The summed E-state index contributed by atoms with van der Waals surface area (Å²) in [5.74, 6) is -0.897. The molecule has 0 atom stereocenters. The van der Waals surface area contributed by atoms with Crippen LogP contribution in [-0.2, 0) is 6.42 Å². The van der Waals surface area contributed by atoms with Gasteiger partial charge in [-0.2, -0.15) is 0 Å². The molecule has 76 valence electrons. The van der Waals surface area contributed by atoms with Crippen LogP contribution >= 0.6 is 0 Å². The van der Waals surface area contributed by atoms with Crippen molar-refractivity contribution in [2.24, 2.45) is 0 Å². The third-order valence-electron chi connectivity index (χ3n) is 2.39. The van der Waals surface area contributed by atoms with Crippen molar-refractivity contribution in [3.05, 3.63) is 41.7 Å². The van der Waals surface area contributed by atoms with Crippen molar-refractivity contribution >= 4 is 16.7 Å². The summed E-state index contributed by atoms with van der Waals surface area (Å²) in [5, 5.41) is 10.8. The zero-order valence-electron chi connectivity index (χ0n) is 8.40. The highest BCUT2D eigenvalue weighted by Gasteiger charge is 2.03. The fourth-order valence-corrected chi connectivity index (χ4v) is 1.51. The second-order valence-corrected chi connectivity index (χ2v) is 3.40. The molecular weight excluding hydrogens is 190 g/mol. The van der Waals surface area contributed by atoms with Gasteiger partial charge in [-0.15, -0.1) is 0 Å². The SMILES string of the molecule is CCc1cc2cc(C(=O)O)ccc2cn1. The van der Waals surface area contributed by atoms with E-state index < -0.39 is 5.97 Å². The summed E-state index contributed by atoms with van der Waals surface area (Å²) in [6.07, 6.45) is 2.63. The number of hydrogen-bond acceptors (Lipinski definition) is 2. The molecule has 1 N–H and O–H groups in total. The van der Waals surface area contributed by atoms with Crippen LogP contribution in [0.1, 0.15) is 23.0 Å². The molecule has 0 unspecified atom stereocenters. The summed E-state index contributed by atoms with van der Waals surface area (Å²) in [7, 11) is 0. The lowest BCUT2D eigenvalue weighted by Crippen LogP contribution is -1.96. The van der Waals surface area contributed by atoms with Gasteiger partial charge in [-0.05, 0) is 30.0 Å². The van der Waals surface area contributed by atoms with Crippen LogP contribution in [0.5, 0.6) is 0 Å². The topological polar surface area (TPSA) is 50.2 Å². The zero-order chi connectivity index (χ0) is 10.8. The Labute approximate surface area is 87.4 Å². The molecule has 0 spiro atoms. The van der Waals surface area contributed by atoms with Gasteiger partial charge in [0.25, 0.3) is 0 Å². The van der Waals surface area contributed by atoms with Crippen LogP contribution < -0.4 is 0 Å². The highest BCUT2D eigenvalue weighted by molar-refractivity contribution is 5.94. The summed E-state index contributed by atoms with van der Waals surface area (Å²) in [6, 6.07) is 6.99. The maximum atomic E-state index is 10.8. The van der Waals surface area contributed by atoms with Gasteiger partial charge in [-0.3, -0.25) is 4.98 Å². The number of rotatable bonds is 2. The van der Waals surface area contributed by atoms with E-state index in [9.17, 15) is 4.79 Å². The van der Waals surface area contributed by atoms with E-state index in [0.29, 0.717) is 5.56 Å². The van der Waals surface area contributed by atoms with Crippen molar-refractivity contribution < 1.29 is 9.90 Å². The molecule has 1 heterocycles. The van der Waals surface area contributed by atoms with Gasteiger partial charge in [0.1, 0.15) is 0 Å². The lowest BCUT2D eigenvalue weighted by molar-refractivity contribution is 0.0697. The molecule has 15 heavy (non-hydrogen) atoms. The largest absolute Gasteiger partial charge is 0.478 e. The fourth-order valence-electron chi connectivity index (χ4n) is 1.51. The van der Waals surface area contributed by atoms with Gasteiger partial charge in [-0.1, -0.05) is 13.0 Å². The van der Waals surface area contributed by atoms with Gasteiger partial charge in [0.2, 0.25) is 0 Å². The molecule has 0 bridgehead atoms. The average molecular weight is 201 g/mol. The summed E-state index contributed by atoms with van der Waals surface area (Å²) in [5.41, 5.74) is 1.29. The molecule has 0 fully saturated rings. The number of carbonyl (C=O) groups is 1. The van der Waals surface area contributed by atoms with Gasteiger partial charge >= 0.3 is 5.97 Å². The van der Waals surface area contributed by atoms with Gasteiger partial charge in [0.15, 0.2) is 0 Å². The molecule has 3 heteroatoms. The predicted molar refractivity (Wildman–Crippen MR) is 58.1 cm³/mol. The number of benzene rings is 1. The molecule has 1 aromatic heterocycles. The van der Waals surface area contributed by atoms with Crippen molar-refractivity contribution in [2.75, 3.05) is 0 Å². The van der Waals surface area contributed by atoms with Crippen LogP contribution in [0.4, 0.5) is 0 Å². The molecule has 2 rings (SSSR count). The van der Waals surface area contributed by atoms with Crippen LogP contribution in [-0.4, -0.2) is 16.1 Å². The Hall–Kier alpha value is -1.90. The molecule has 0 saturated carbocycles. The first-order valence-corrected chi connectivity index (χ1v) is 4.82. The highest BCUT2D eigenvalue weighted by atomic mass is 16.4. The Morgan fingerprint density at radius 1 is 1.33 bits per heavy atom. The molecule has 0 saturated heterocycles. The fraction of sp³-hybridized carbons (Fsp3) is 0.167. The van der Waals surface area contributed by atoms with E-state index in [1.165, 1.54) is 0 Å². The van der Waals surface area contributed by atoms with Crippen molar-refractivity contribution in [3.8, 4) is 0 Å². The minimum absolute atomic E-state index is 0.316. The molecule has 1 aromatic carbocycles. The lowest BCUT2D eigenvalue weighted by Gasteiger charge is -2.01. The van der Waals surface area contributed by atoms with E-state index in [1.807, 2.05) is 13.0 Å². The Balaban J connectivity index is 2.62. The molecule has 0 aliphatic carbocycles. The van der Waals surface area contributed by atoms with Gasteiger partial charge in [0, 0.05) is 17.3 Å². The van der Waals surface area contributed by atoms with Crippen LogP contribution in [0.25, 0.3) is 10.8 Å². The number of fused-ring (bicyclic) bond motifs is 1. The second-order valence-electron chi connectivity index (χ2n) is 3.40. The Morgan fingerprint density at radius 3 is 2.80 bits per heavy atom. The Bertz CT molecular complexity index is 520. The first kappa shape index (κ1) is 9.65. The van der Waals surface area contributed by atoms with Crippen LogP contribution in [0.3, 0.4) is 0 Å². The van der Waals surface area contributed by atoms with Crippen molar-refractivity contribution in [1.29, 1.82) is 0 Å². The number of pyridine rings is 1. The third kappa shape index (κ3) is 1.81. The lowest BCUT2D eigenvalue weighted by atomic mass is 10.1. The second kappa shape index (κ2) is 3.69. The predicted octanol–water partition coefficient (Wildman–Crippen LogP) is 2.50. The first-order valence-electron chi connectivity index (χ1n) is 4.82. The van der Waals surface area contributed by atoms with Crippen molar-refractivity contribution in [3.63, 3.8) is 0 Å². The number of aromatic carboxylic acids is 1. The number of carboxylic acids is 1. The number of carboxylic acid groups (broad SMARTS) is 1. The standard InChI is InChI=1S/C12H11NO2/c1-2-11-6-10-5-8(12(14)15)3-4-9(10)7-13-11/h3-7H,2H2,1H3,(H,14,15). The average Bonchev–Trinajstić information content (AvgIpc) is 2.27. The summed E-state index contributed by atoms with van der Waals surface area (Å²) in [4.78, 5) is 15.0. The maximum absolute atomic E-state index is 10.8. The van der Waals surface area contributed by atoms with Gasteiger partial charge in [-0.25, -0.2) is 4.79 Å². The minimum Gasteiger partial charge on any atom is -0.478 e. The van der Waals surface area contributed by atoms with Crippen LogP contribution in [0.2, 0.25) is 0 Å². The quantitative estimate of drug-likeness (QED) is 0.812. The molecule has 0 amide bonds. The monoisotopic (exact) mass is 201 g/mol. The summed E-state index contributed by atoms with van der Waals surface area (Å²) in [6.45, 7) is 2.02. The summed E-state index contributed by atoms with van der Waals surface area (Å²) >= 11 is 0. The zero-order valence-corrected chi connectivity index (χ0v) is 8.40. The van der Waals surface area contributed by atoms with E-state index >= 15 is 0 Å². The molecule has 0 aliphatic heterocycles. The van der Waals surface area contributed by atoms with Crippen LogP contribution in [0.15, 0.2) is 30.5 Å². The van der Waals surface area contributed by atoms with E-state index in [4.69, 9.17) is 5.11 Å². The highest BCUT2D eigenvalue weighted by Crippen LogP contribution is 2.16. The van der Waals surface area contributed by atoms with E-state index in [2.05, 4.69) is 4.98 Å². The van der Waals surface area contributed by atoms with E-state index in [-0.39, 0.29) is 0 Å². The van der Waals surface area contributed by atoms with E-state index in [0.717, 1.165) is 22.9 Å². The number of nitrogens with zero attached hydrogens (tertiary/aromatic N) is 1. The first-order chi connectivity index (χ1) is 7.20. The van der Waals surface area contributed by atoms with E-state index in [1.54, 1.807) is 24.4 Å². The number of hydrogen-bond donors (Lipinski definition) is 1. The molecule has 3 nitrogen and oxygen atoms in total. The van der Waals surface area contributed by atoms with Crippen LogP contribution in [0, 0.1) is 0 Å². The van der Waals surface area contributed by atoms with Crippen molar-refractivity contribution in [2.45, 2.75) is 13.3 Å². The normalized spacial score (nSPS) is 10.5. The number of aromatic nitrogens is 1. The molecule has 0 radical (unpaired) electrons. The summed E-state index contributed by atoms with van der Waals surface area (Å²) < 4.78 is 0. The maximum Gasteiger partial charge on any atom is 0.335 e. The smallest absolute Gasteiger partial charge is 0.335 e. The van der Waals surface area contributed by atoms with Gasteiger partial charge in [0.05, 0.1) is 5.56 Å². The number of aryl methyl sites for hydroxylation is 1. The van der Waals surface area contributed by atoms with Crippen molar-refractivity contribution in [1.82, 2.24) is 4.98 Å². The Kier molecular flexibility index (Phi) is 2.37. The molecular formula is C12H11NO2. The molecule has 0 aliphatic rings.